The zero-order chi connectivity index (χ0) is 33.3. The summed E-state index contributed by atoms with van der Waals surface area (Å²) < 4.78 is 34.0. The van der Waals surface area contributed by atoms with Crippen molar-refractivity contribution in [2.24, 2.45) is 22.6 Å². The van der Waals surface area contributed by atoms with Crippen molar-refractivity contribution in [3.05, 3.63) is 0 Å². The van der Waals surface area contributed by atoms with E-state index in [0.717, 1.165) is 44.9 Å². The molecule has 272 valence electrons. The van der Waals surface area contributed by atoms with Crippen molar-refractivity contribution in [3.8, 4) is 0 Å². The molecule has 4 aliphatic rings. The van der Waals surface area contributed by atoms with Crippen LogP contribution in [0.5, 0.6) is 0 Å². The number of carbonyl (C=O) groups excluding carboxylic acids is 1. The lowest BCUT2D eigenvalue weighted by molar-refractivity contribution is -0.121. The molecule has 5 N–H and O–H groups in total. The van der Waals surface area contributed by atoms with Gasteiger partial charge in [0.25, 0.3) is 0 Å². The SMILES string of the molecule is CCNC(=O)C[C@@H]1N=C(C2CCC(Cl)CC2)C2CC(OCCOCCOCCOCCOCCOCCN)CCC2N2C(C)NNC12. The fraction of sp³-hybridized carbons (Fsp3) is 0.939. The highest BCUT2D eigenvalue weighted by molar-refractivity contribution is 6.20. The van der Waals surface area contributed by atoms with Crippen LogP contribution in [0.4, 0.5) is 0 Å². The molecule has 2 saturated carbocycles. The monoisotopic (exact) mass is 688 g/mol. The maximum absolute atomic E-state index is 12.8. The molecule has 14 heteroatoms. The number of hydrogen-bond acceptors (Lipinski definition) is 12. The Morgan fingerprint density at radius 1 is 0.872 bits per heavy atom. The Morgan fingerprint density at radius 3 is 2.06 bits per heavy atom. The lowest BCUT2D eigenvalue weighted by Crippen LogP contribution is -2.55. The number of alkyl halides is 1. The summed E-state index contributed by atoms with van der Waals surface area (Å²) in [4.78, 5) is 20.8. The van der Waals surface area contributed by atoms with Gasteiger partial charge in [0.05, 0.1) is 104 Å². The number of ether oxygens (including phenoxy) is 6. The topological polar surface area (TPSA) is 150 Å². The van der Waals surface area contributed by atoms with E-state index >= 15 is 0 Å². The van der Waals surface area contributed by atoms with Crippen LogP contribution >= 0.6 is 11.6 Å². The zero-order valence-corrected chi connectivity index (χ0v) is 29.4. The second kappa shape index (κ2) is 22.0. The van der Waals surface area contributed by atoms with Gasteiger partial charge in [-0.3, -0.25) is 14.7 Å². The van der Waals surface area contributed by atoms with Crippen molar-refractivity contribution >= 4 is 23.2 Å². The van der Waals surface area contributed by atoms with Gasteiger partial charge in [-0.1, -0.05) is 0 Å². The smallest absolute Gasteiger partial charge is 0.222 e. The van der Waals surface area contributed by atoms with E-state index in [4.69, 9.17) is 50.7 Å². The predicted molar refractivity (Wildman–Crippen MR) is 182 cm³/mol. The molecule has 5 unspecified atom stereocenters. The molecule has 0 aromatic carbocycles. The molecule has 47 heavy (non-hydrogen) atoms. The molecular weight excluding hydrogens is 628 g/mol. The average Bonchev–Trinajstić information content (AvgIpc) is 3.39. The highest BCUT2D eigenvalue weighted by Gasteiger charge is 2.50. The Balaban J connectivity index is 1.19. The lowest BCUT2D eigenvalue weighted by Gasteiger charge is -2.44. The first-order valence-electron chi connectivity index (χ1n) is 18.0. The number of nitrogens with one attached hydrogen (secondary N) is 3. The molecule has 0 spiro atoms. The molecule has 0 bridgehead atoms. The van der Waals surface area contributed by atoms with Crippen LogP contribution in [0.3, 0.4) is 0 Å². The quantitative estimate of drug-likeness (QED) is 0.0975. The van der Waals surface area contributed by atoms with Crippen molar-refractivity contribution in [2.45, 2.75) is 101 Å². The average molecular weight is 689 g/mol. The minimum Gasteiger partial charge on any atom is -0.378 e. The third-order valence-electron chi connectivity index (χ3n) is 9.59. The number of halogens is 1. The molecule has 6 atom stereocenters. The molecule has 3 fully saturated rings. The van der Waals surface area contributed by atoms with Gasteiger partial charge in [-0.15, -0.1) is 11.6 Å². The third-order valence-corrected chi connectivity index (χ3v) is 10.0. The van der Waals surface area contributed by atoms with E-state index in [1.807, 2.05) is 6.92 Å². The second-order valence-electron chi connectivity index (χ2n) is 12.9. The molecule has 0 aromatic heterocycles. The van der Waals surface area contributed by atoms with Crippen molar-refractivity contribution in [2.75, 3.05) is 85.8 Å². The lowest BCUT2D eigenvalue weighted by atomic mass is 9.72. The zero-order valence-electron chi connectivity index (χ0n) is 28.7. The number of carbonyl (C=O) groups is 1. The van der Waals surface area contributed by atoms with Crippen LogP contribution < -0.4 is 21.9 Å². The van der Waals surface area contributed by atoms with Gasteiger partial charge in [0, 0.05) is 36.1 Å². The molecule has 13 nitrogen and oxygen atoms in total. The van der Waals surface area contributed by atoms with Gasteiger partial charge >= 0.3 is 0 Å². The summed E-state index contributed by atoms with van der Waals surface area (Å²) in [7, 11) is 0. The number of nitrogens with two attached hydrogens (primary N) is 1. The van der Waals surface area contributed by atoms with Crippen LogP contribution in [0, 0.1) is 11.8 Å². The molecule has 2 aliphatic heterocycles. The maximum Gasteiger partial charge on any atom is 0.222 e. The molecule has 4 rings (SSSR count). The van der Waals surface area contributed by atoms with E-state index in [9.17, 15) is 4.79 Å². The van der Waals surface area contributed by atoms with Gasteiger partial charge in [0.1, 0.15) is 0 Å². The summed E-state index contributed by atoms with van der Waals surface area (Å²) in [5.74, 6) is 0.748. The number of nitrogens with zero attached hydrogens (tertiary/aromatic N) is 2. The fourth-order valence-electron chi connectivity index (χ4n) is 7.40. The van der Waals surface area contributed by atoms with E-state index in [1.54, 1.807) is 0 Å². The van der Waals surface area contributed by atoms with E-state index in [-0.39, 0.29) is 41.7 Å². The van der Waals surface area contributed by atoms with Crippen LogP contribution in [0.15, 0.2) is 4.99 Å². The van der Waals surface area contributed by atoms with E-state index < -0.39 is 0 Å². The van der Waals surface area contributed by atoms with E-state index in [2.05, 4.69) is 28.0 Å². The van der Waals surface area contributed by atoms with Crippen molar-refractivity contribution < 1.29 is 33.2 Å². The van der Waals surface area contributed by atoms with Crippen molar-refractivity contribution in [1.29, 1.82) is 0 Å². The number of hydrazine groups is 1. The van der Waals surface area contributed by atoms with Crippen LogP contribution in [0.2, 0.25) is 0 Å². The summed E-state index contributed by atoms with van der Waals surface area (Å²) in [6.07, 6.45) is 7.78. The van der Waals surface area contributed by atoms with Crippen molar-refractivity contribution in [3.63, 3.8) is 0 Å². The maximum atomic E-state index is 12.8. The number of rotatable bonds is 22. The number of hydrogen-bond donors (Lipinski definition) is 4. The molecule has 1 amide bonds. The molecular formula is C33H61ClN6O7. The Bertz CT molecular complexity index is 915. The summed E-state index contributed by atoms with van der Waals surface area (Å²) in [5, 5.41) is 3.24. The number of fused-ring (bicyclic) bond motifs is 3. The standard InChI is InChI=1S/C33H61ClN6O7/c1-3-36-31(41)23-29-33-39-38-24(2)40(33)30-9-8-27(22-28(30)32(37-29)25-4-6-26(34)7-5-25)47-21-20-46-19-18-45-17-16-44-15-14-43-13-12-42-11-10-35/h24-30,33,38-39H,3-23,35H2,1-2H3,(H,36,41)/t24?,25?,26?,27?,28?,29-,30?,33?/m0/s1. The molecule has 0 radical (unpaired) electrons. The normalized spacial score (nSPS) is 31.2. The first-order valence-corrected chi connectivity index (χ1v) is 18.4. The molecule has 0 aromatic rings. The molecule has 2 heterocycles. The minimum absolute atomic E-state index is 0.0205. The van der Waals surface area contributed by atoms with Gasteiger partial charge in [0.2, 0.25) is 5.91 Å². The Hall–Kier alpha value is -0.970. The summed E-state index contributed by atoms with van der Waals surface area (Å²) in [6, 6.07) is 0.191. The summed E-state index contributed by atoms with van der Waals surface area (Å²) >= 11 is 6.53. The Morgan fingerprint density at radius 2 is 1.47 bits per heavy atom. The van der Waals surface area contributed by atoms with Gasteiger partial charge in [0.15, 0.2) is 0 Å². The minimum atomic E-state index is -0.152. The highest BCUT2D eigenvalue weighted by Crippen LogP contribution is 2.42. The third kappa shape index (κ3) is 12.7. The van der Waals surface area contributed by atoms with Gasteiger partial charge in [-0.2, -0.15) is 0 Å². The van der Waals surface area contributed by atoms with Crippen molar-refractivity contribution in [1.82, 2.24) is 21.1 Å². The first-order chi connectivity index (χ1) is 23.0. The van der Waals surface area contributed by atoms with E-state index in [1.165, 1.54) is 5.71 Å². The summed E-state index contributed by atoms with van der Waals surface area (Å²) in [6.45, 7) is 11.2. The molecule has 1 saturated heterocycles. The first kappa shape index (κ1) is 38.8. The predicted octanol–water partition coefficient (Wildman–Crippen LogP) is 1.81. The highest BCUT2D eigenvalue weighted by atomic mass is 35.5. The van der Waals surface area contributed by atoms with Gasteiger partial charge in [-0.05, 0) is 64.7 Å². The second-order valence-corrected chi connectivity index (χ2v) is 13.5. The van der Waals surface area contributed by atoms with Crippen LogP contribution in [0.25, 0.3) is 0 Å². The van der Waals surface area contributed by atoms with Gasteiger partial charge in [-0.25, -0.2) is 10.9 Å². The van der Waals surface area contributed by atoms with Crippen LogP contribution in [-0.2, 0) is 33.2 Å². The van der Waals surface area contributed by atoms with Gasteiger partial charge < -0.3 is 39.5 Å². The van der Waals surface area contributed by atoms with Crippen LogP contribution in [0.1, 0.15) is 65.2 Å². The largest absolute Gasteiger partial charge is 0.378 e. The number of aliphatic imine (C=N–C) groups is 1. The van der Waals surface area contributed by atoms with E-state index in [0.29, 0.717) is 104 Å². The Labute approximate surface area is 286 Å². The summed E-state index contributed by atoms with van der Waals surface area (Å²) in [5.41, 5.74) is 13.6. The number of amides is 1. The Kier molecular flexibility index (Phi) is 18.2. The fourth-order valence-corrected chi connectivity index (χ4v) is 7.65. The van der Waals surface area contributed by atoms with Crippen LogP contribution in [-0.4, -0.2) is 138 Å². The molecule has 2 aliphatic carbocycles.